The Morgan fingerprint density at radius 2 is 1.21 bits per heavy atom. The molecule has 0 spiro atoms. The Morgan fingerprint density at radius 1 is 0.759 bits per heavy atom. The lowest BCUT2D eigenvalue weighted by Gasteiger charge is -2.22. The molecular formula is C21H23N3O4S. The third kappa shape index (κ3) is 5.24. The van der Waals surface area contributed by atoms with Gasteiger partial charge < -0.3 is 10.2 Å². The maximum Gasteiger partial charge on any atom is 0.243 e. The number of nitrogens with zero attached hydrogens (tertiary/aromatic N) is 3. The van der Waals surface area contributed by atoms with Gasteiger partial charge in [0.1, 0.15) is 0 Å². The van der Waals surface area contributed by atoms with Crippen molar-refractivity contribution < 1.29 is 18.6 Å². The van der Waals surface area contributed by atoms with E-state index in [1.165, 1.54) is 4.31 Å². The minimum atomic E-state index is -3.83. The van der Waals surface area contributed by atoms with E-state index in [2.05, 4.69) is 9.97 Å². The summed E-state index contributed by atoms with van der Waals surface area (Å²) in [4.78, 5) is 8.80. The minimum absolute atomic E-state index is 0.0229. The van der Waals surface area contributed by atoms with E-state index in [0.29, 0.717) is 22.8 Å². The van der Waals surface area contributed by atoms with E-state index in [0.717, 1.165) is 5.56 Å². The molecule has 3 aromatic rings. The van der Waals surface area contributed by atoms with Gasteiger partial charge in [-0.2, -0.15) is 4.31 Å². The number of aliphatic hydroxyl groups is 2. The molecule has 0 saturated heterocycles. The number of aromatic nitrogens is 2. The lowest BCUT2D eigenvalue weighted by Crippen LogP contribution is -2.31. The fraction of sp³-hybridized carbons (Fsp3) is 0.238. The summed E-state index contributed by atoms with van der Waals surface area (Å²) in [6, 6.07) is 16.9. The highest BCUT2D eigenvalue weighted by molar-refractivity contribution is 7.89. The van der Waals surface area contributed by atoms with Crippen LogP contribution in [0.1, 0.15) is 28.3 Å². The van der Waals surface area contributed by atoms with Crippen LogP contribution in [0.2, 0.25) is 0 Å². The Labute approximate surface area is 170 Å². The molecule has 0 atom stereocenters. The molecule has 29 heavy (non-hydrogen) atoms. The van der Waals surface area contributed by atoms with Gasteiger partial charge in [0.15, 0.2) is 0 Å². The van der Waals surface area contributed by atoms with Crippen molar-refractivity contribution in [1.29, 1.82) is 0 Å². The Bertz CT molecular complexity index is 1020. The van der Waals surface area contributed by atoms with Crippen LogP contribution < -0.4 is 0 Å². The number of benzene rings is 1. The smallest absolute Gasteiger partial charge is 0.243 e. The summed E-state index contributed by atoms with van der Waals surface area (Å²) in [5.74, 6) is 0. The molecule has 2 N–H and O–H groups in total. The molecule has 0 amide bonds. The van der Waals surface area contributed by atoms with Crippen molar-refractivity contribution in [1.82, 2.24) is 14.3 Å². The molecule has 0 bridgehead atoms. The highest BCUT2D eigenvalue weighted by atomic mass is 32.2. The van der Waals surface area contributed by atoms with Crippen LogP contribution in [-0.4, -0.2) is 32.9 Å². The fourth-order valence-corrected chi connectivity index (χ4v) is 4.24. The van der Waals surface area contributed by atoms with E-state index < -0.39 is 10.0 Å². The molecule has 8 heteroatoms. The molecule has 0 aliphatic carbocycles. The summed E-state index contributed by atoms with van der Waals surface area (Å²) < 4.78 is 28.0. The Hall–Kier alpha value is -2.65. The van der Waals surface area contributed by atoms with Gasteiger partial charge in [0.05, 0.1) is 54.0 Å². The van der Waals surface area contributed by atoms with Crippen molar-refractivity contribution >= 4 is 10.0 Å². The quantitative estimate of drug-likeness (QED) is 0.587. The number of hydrogen-bond acceptors (Lipinski definition) is 6. The van der Waals surface area contributed by atoms with Crippen LogP contribution >= 0.6 is 0 Å². The van der Waals surface area contributed by atoms with Crippen LogP contribution in [-0.2, 0) is 36.3 Å². The zero-order chi connectivity index (χ0) is 20.9. The predicted molar refractivity (Wildman–Crippen MR) is 108 cm³/mol. The lowest BCUT2D eigenvalue weighted by atomic mass is 10.2. The molecule has 2 aromatic heterocycles. The normalized spacial score (nSPS) is 11.7. The molecular weight excluding hydrogens is 390 g/mol. The monoisotopic (exact) mass is 413 g/mol. The van der Waals surface area contributed by atoms with Crippen LogP contribution in [0.15, 0.2) is 65.6 Å². The maximum absolute atomic E-state index is 13.3. The molecule has 152 valence electrons. The van der Waals surface area contributed by atoms with Crippen LogP contribution in [0.4, 0.5) is 0 Å². The standard InChI is InChI=1S/C21H23N3O4S/c1-16-8-10-21(11-9-16)29(27,28)24(12-17-4-2-6-19(14-25)22-17)13-18-5-3-7-20(15-26)23-18/h2-11,25-26H,12-15H2,1H3. The largest absolute Gasteiger partial charge is 0.390 e. The number of hydrogen-bond donors (Lipinski definition) is 2. The zero-order valence-corrected chi connectivity index (χ0v) is 16.9. The second kappa shape index (κ2) is 9.23. The second-order valence-electron chi connectivity index (χ2n) is 6.64. The first-order chi connectivity index (χ1) is 13.9. The predicted octanol–water partition coefficient (Wildman–Crippen LogP) is 2.16. The number of aliphatic hydroxyl groups excluding tert-OH is 2. The van der Waals surface area contributed by atoms with E-state index >= 15 is 0 Å². The number of pyridine rings is 2. The third-order valence-corrected chi connectivity index (χ3v) is 6.19. The Balaban J connectivity index is 1.98. The van der Waals surface area contributed by atoms with Crippen LogP contribution in [0, 0.1) is 6.92 Å². The van der Waals surface area contributed by atoms with E-state index in [1.807, 2.05) is 6.92 Å². The van der Waals surface area contributed by atoms with Crippen molar-refractivity contribution in [2.24, 2.45) is 0 Å². The molecule has 2 heterocycles. The molecule has 0 unspecified atom stereocenters. The van der Waals surface area contributed by atoms with E-state index in [-0.39, 0.29) is 31.2 Å². The average molecular weight is 413 g/mol. The van der Waals surface area contributed by atoms with E-state index in [1.54, 1.807) is 60.7 Å². The van der Waals surface area contributed by atoms with Gasteiger partial charge in [0.2, 0.25) is 10.0 Å². The van der Waals surface area contributed by atoms with Crippen molar-refractivity contribution in [3.05, 3.63) is 89.0 Å². The Kier molecular flexibility index (Phi) is 6.71. The van der Waals surface area contributed by atoms with Crippen molar-refractivity contribution in [3.63, 3.8) is 0 Å². The molecule has 0 radical (unpaired) electrons. The highest BCUT2D eigenvalue weighted by Crippen LogP contribution is 2.21. The molecule has 0 saturated carbocycles. The van der Waals surface area contributed by atoms with Gasteiger partial charge in [0.25, 0.3) is 0 Å². The summed E-state index contributed by atoms with van der Waals surface area (Å²) in [7, 11) is -3.83. The summed E-state index contributed by atoms with van der Waals surface area (Å²) in [6.45, 7) is 1.49. The first-order valence-corrected chi connectivity index (χ1v) is 10.5. The van der Waals surface area contributed by atoms with Gasteiger partial charge in [-0.25, -0.2) is 8.42 Å². The fourth-order valence-electron chi connectivity index (χ4n) is 2.86. The number of aryl methyl sites for hydroxylation is 1. The van der Waals surface area contributed by atoms with Crippen molar-refractivity contribution in [2.45, 2.75) is 38.1 Å². The highest BCUT2D eigenvalue weighted by Gasteiger charge is 2.26. The van der Waals surface area contributed by atoms with Crippen molar-refractivity contribution in [2.75, 3.05) is 0 Å². The molecule has 0 aliphatic rings. The van der Waals surface area contributed by atoms with Crippen molar-refractivity contribution in [3.8, 4) is 0 Å². The maximum atomic E-state index is 13.3. The van der Waals surface area contributed by atoms with Gasteiger partial charge in [-0.05, 0) is 43.3 Å². The second-order valence-corrected chi connectivity index (χ2v) is 8.58. The molecule has 3 rings (SSSR count). The van der Waals surface area contributed by atoms with Gasteiger partial charge in [0, 0.05) is 0 Å². The van der Waals surface area contributed by atoms with E-state index in [9.17, 15) is 18.6 Å². The summed E-state index contributed by atoms with van der Waals surface area (Å²) in [6.07, 6.45) is 0. The van der Waals surface area contributed by atoms with Crippen LogP contribution in [0.5, 0.6) is 0 Å². The third-order valence-electron chi connectivity index (χ3n) is 4.39. The topological polar surface area (TPSA) is 104 Å². The molecule has 0 aliphatic heterocycles. The van der Waals surface area contributed by atoms with Gasteiger partial charge >= 0.3 is 0 Å². The number of rotatable bonds is 8. The van der Waals surface area contributed by atoms with Gasteiger partial charge in [-0.1, -0.05) is 29.8 Å². The molecule has 7 nitrogen and oxygen atoms in total. The van der Waals surface area contributed by atoms with Crippen LogP contribution in [0.25, 0.3) is 0 Å². The first kappa shape index (κ1) is 21.1. The average Bonchev–Trinajstić information content (AvgIpc) is 2.74. The molecule has 0 fully saturated rings. The lowest BCUT2D eigenvalue weighted by molar-refractivity contribution is 0.275. The zero-order valence-electron chi connectivity index (χ0n) is 16.1. The first-order valence-electron chi connectivity index (χ1n) is 9.10. The summed E-state index contributed by atoms with van der Waals surface area (Å²) in [5.41, 5.74) is 2.94. The SMILES string of the molecule is Cc1ccc(S(=O)(=O)N(Cc2cccc(CO)n2)Cc2cccc(CO)n2)cc1. The van der Waals surface area contributed by atoms with Gasteiger partial charge in [-0.15, -0.1) is 0 Å². The van der Waals surface area contributed by atoms with Crippen LogP contribution in [0.3, 0.4) is 0 Å². The summed E-state index contributed by atoms with van der Waals surface area (Å²) >= 11 is 0. The summed E-state index contributed by atoms with van der Waals surface area (Å²) in [5, 5.41) is 18.6. The van der Waals surface area contributed by atoms with E-state index in [4.69, 9.17) is 0 Å². The molecule has 1 aromatic carbocycles. The van der Waals surface area contributed by atoms with Gasteiger partial charge in [-0.3, -0.25) is 9.97 Å². The number of sulfonamides is 1. The Morgan fingerprint density at radius 3 is 1.66 bits per heavy atom. The minimum Gasteiger partial charge on any atom is -0.390 e.